The summed E-state index contributed by atoms with van der Waals surface area (Å²) in [6, 6.07) is 3.29. The molecule has 6 heteroatoms. The number of carbonyl (C=O) groups is 1. The Labute approximate surface area is 120 Å². The maximum Gasteiger partial charge on any atom is 0.237 e. The van der Waals surface area contributed by atoms with Gasteiger partial charge in [-0.2, -0.15) is 0 Å². The van der Waals surface area contributed by atoms with E-state index in [2.05, 4.69) is 5.32 Å². The van der Waals surface area contributed by atoms with E-state index in [4.69, 9.17) is 10.2 Å². The molecule has 1 unspecified atom stereocenters. The van der Waals surface area contributed by atoms with Crippen molar-refractivity contribution in [3.05, 3.63) is 24.2 Å². The Morgan fingerprint density at radius 1 is 1.47 bits per heavy atom. The highest BCUT2D eigenvalue weighted by Gasteiger charge is 2.21. The number of furan rings is 1. The van der Waals surface area contributed by atoms with E-state index < -0.39 is 6.04 Å². The molecular formula is C13H24ClN3O2. The Balaban J connectivity index is 0.00000324. The predicted molar refractivity (Wildman–Crippen MR) is 78.2 cm³/mol. The molecule has 19 heavy (non-hydrogen) atoms. The zero-order chi connectivity index (χ0) is 13.7. The summed E-state index contributed by atoms with van der Waals surface area (Å²) in [6.45, 7) is 4.35. The van der Waals surface area contributed by atoms with Crippen LogP contribution in [0.2, 0.25) is 0 Å². The molecule has 0 spiro atoms. The smallest absolute Gasteiger partial charge is 0.237 e. The highest BCUT2D eigenvalue weighted by molar-refractivity contribution is 5.85. The van der Waals surface area contributed by atoms with E-state index in [1.807, 2.05) is 45.0 Å². The van der Waals surface area contributed by atoms with Crippen molar-refractivity contribution >= 4 is 18.3 Å². The van der Waals surface area contributed by atoms with Gasteiger partial charge >= 0.3 is 0 Å². The lowest BCUT2D eigenvalue weighted by atomic mass is 10.0. The van der Waals surface area contributed by atoms with Crippen molar-refractivity contribution in [2.75, 3.05) is 20.6 Å². The molecule has 0 aliphatic heterocycles. The molecule has 0 aromatic carbocycles. The maximum atomic E-state index is 11.8. The number of halogens is 1. The molecule has 1 aromatic heterocycles. The Bertz CT molecular complexity index is 366. The number of rotatable bonds is 6. The monoisotopic (exact) mass is 289 g/mol. The zero-order valence-corrected chi connectivity index (χ0v) is 12.7. The van der Waals surface area contributed by atoms with Crippen LogP contribution in [0.15, 0.2) is 22.8 Å². The lowest BCUT2D eigenvalue weighted by Gasteiger charge is -2.24. The van der Waals surface area contributed by atoms with Gasteiger partial charge in [0, 0.05) is 6.54 Å². The fourth-order valence-electron chi connectivity index (χ4n) is 1.64. The first kappa shape index (κ1) is 18.0. The van der Waals surface area contributed by atoms with Crippen LogP contribution in [-0.2, 0) is 4.79 Å². The SMILES string of the molecule is CC(C)[C@H](N)C(=O)NCC(c1ccco1)N(C)C.Cl. The first-order chi connectivity index (χ1) is 8.43. The van der Waals surface area contributed by atoms with Gasteiger partial charge in [0.1, 0.15) is 5.76 Å². The number of nitrogens with one attached hydrogen (secondary N) is 1. The number of carbonyl (C=O) groups excluding carboxylic acids is 1. The van der Waals surface area contributed by atoms with Gasteiger partial charge in [0.2, 0.25) is 5.91 Å². The molecule has 0 aliphatic carbocycles. The number of nitrogens with two attached hydrogens (primary N) is 1. The minimum atomic E-state index is -0.468. The lowest BCUT2D eigenvalue weighted by Crippen LogP contribution is -2.46. The summed E-state index contributed by atoms with van der Waals surface area (Å²) in [5.41, 5.74) is 5.79. The van der Waals surface area contributed by atoms with E-state index in [1.54, 1.807) is 6.26 Å². The summed E-state index contributed by atoms with van der Waals surface area (Å²) in [5, 5.41) is 2.87. The maximum absolute atomic E-state index is 11.8. The molecule has 1 aromatic rings. The molecule has 1 rings (SSSR count). The summed E-state index contributed by atoms with van der Waals surface area (Å²) in [6.07, 6.45) is 1.63. The Morgan fingerprint density at radius 3 is 2.53 bits per heavy atom. The minimum absolute atomic E-state index is 0. The van der Waals surface area contributed by atoms with Crippen molar-refractivity contribution in [2.45, 2.75) is 25.9 Å². The fourth-order valence-corrected chi connectivity index (χ4v) is 1.64. The average Bonchev–Trinajstić information content (AvgIpc) is 2.81. The van der Waals surface area contributed by atoms with Crippen LogP contribution in [0.4, 0.5) is 0 Å². The van der Waals surface area contributed by atoms with Crippen LogP contribution < -0.4 is 11.1 Å². The molecule has 0 bridgehead atoms. The van der Waals surface area contributed by atoms with Crippen LogP contribution in [-0.4, -0.2) is 37.5 Å². The first-order valence-corrected chi connectivity index (χ1v) is 6.16. The third-order valence-corrected chi connectivity index (χ3v) is 2.99. The number of nitrogens with zero attached hydrogens (tertiary/aromatic N) is 1. The van der Waals surface area contributed by atoms with Gasteiger partial charge in [-0.3, -0.25) is 9.69 Å². The molecule has 3 N–H and O–H groups in total. The van der Waals surface area contributed by atoms with Crippen molar-refractivity contribution in [1.29, 1.82) is 0 Å². The Morgan fingerprint density at radius 2 is 2.11 bits per heavy atom. The van der Waals surface area contributed by atoms with Crippen molar-refractivity contribution in [3.63, 3.8) is 0 Å². The van der Waals surface area contributed by atoms with E-state index in [-0.39, 0.29) is 30.3 Å². The molecule has 0 aliphatic rings. The zero-order valence-electron chi connectivity index (χ0n) is 11.9. The van der Waals surface area contributed by atoms with Crippen molar-refractivity contribution in [2.24, 2.45) is 11.7 Å². The van der Waals surface area contributed by atoms with Crippen LogP contribution >= 0.6 is 12.4 Å². The minimum Gasteiger partial charge on any atom is -0.468 e. The standard InChI is InChI=1S/C13H23N3O2.ClH/c1-9(2)12(14)13(17)15-8-10(16(3)4)11-6-5-7-18-11;/h5-7,9-10,12H,8,14H2,1-4H3,(H,15,17);1H/t10?,12-;/m0./s1. The number of amides is 1. The third kappa shape index (κ3) is 5.22. The van der Waals surface area contributed by atoms with Crippen LogP contribution in [0.1, 0.15) is 25.6 Å². The van der Waals surface area contributed by atoms with Crippen LogP contribution in [0.25, 0.3) is 0 Å². The largest absolute Gasteiger partial charge is 0.468 e. The predicted octanol–water partition coefficient (Wildman–Crippen LogP) is 1.40. The van der Waals surface area contributed by atoms with E-state index in [0.29, 0.717) is 6.54 Å². The summed E-state index contributed by atoms with van der Waals surface area (Å²) < 4.78 is 5.37. The summed E-state index contributed by atoms with van der Waals surface area (Å²) in [5.74, 6) is 0.841. The van der Waals surface area contributed by atoms with Gasteiger partial charge in [0.15, 0.2) is 0 Å². The van der Waals surface area contributed by atoms with E-state index in [1.165, 1.54) is 0 Å². The van der Waals surface area contributed by atoms with Crippen molar-refractivity contribution in [3.8, 4) is 0 Å². The Kier molecular flexibility index (Phi) is 7.75. The van der Waals surface area contributed by atoms with E-state index in [9.17, 15) is 4.79 Å². The second kappa shape index (κ2) is 8.19. The molecule has 110 valence electrons. The van der Waals surface area contributed by atoms with Crippen LogP contribution in [0.3, 0.4) is 0 Å². The van der Waals surface area contributed by atoms with Gasteiger partial charge in [-0.1, -0.05) is 13.8 Å². The molecule has 1 heterocycles. The second-order valence-electron chi connectivity index (χ2n) is 5.01. The van der Waals surface area contributed by atoms with Gasteiger partial charge < -0.3 is 15.5 Å². The number of hydrogen-bond donors (Lipinski definition) is 2. The quantitative estimate of drug-likeness (QED) is 0.830. The average molecular weight is 290 g/mol. The van der Waals surface area contributed by atoms with Crippen LogP contribution in [0.5, 0.6) is 0 Å². The van der Waals surface area contributed by atoms with Gasteiger partial charge in [-0.05, 0) is 32.1 Å². The third-order valence-electron chi connectivity index (χ3n) is 2.99. The lowest BCUT2D eigenvalue weighted by molar-refractivity contribution is -0.123. The van der Waals surface area contributed by atoms with E-state index >= 15 is 0 Å². The molecule has 0 saturated carbocycles. The van der Waals surface area contributed by atoms with Gasteiger partial charge in [-0.15, -0.1) is 12.4 Å². The molecule has 0 fully saturated rings. The molecular weight excluding hydrogens is 266 g/mol. The van der Waals surface area contributed by atoms with Gasteiger partial charge in [0.05, 0.1) is 18.3 Å². The number of likely N-dealkylation sites (N-methyl/N-ethyl adjacent to an activating group) is 1. The highest BCUT2D eigenvalue weighted by Crippen LogP contribution is 2.17. The van der Waals surface area contributed by atoms with Gasteiger partial charge in [-0.25, -0.2) is 0 Å². The molecule has 5 nitrogen and oxygen atoms in total. The first-order valence-electron chi connectivity index (χ1n) is 6.16. The summed E-state index contributed by atoms with van der Waals surface area (Å²) in [7, 11) is 3.89. The molecule has 1 amide bonds. The molecule has 2 atom stereocenters. The second-order valence-corrected chi connectivity index (χ2v) is 5.01. The molecule has 0 radical (unpaired) electrons. The topological polar surface area (TPSA) is 71.5 Å². The normalized spacial score (nSPS) is 14.1. The van der Waals surface area contributed by atoms with Gasteiger partial charge in [0.25, 0.3) is 0 Å². The molecule has 0 saturated heterocycles. The van der Waals surface area contributed by atoms with E-state index in [0.717, 1.165) is 5.76 Å². The number of hydrogen-bond acceptors (Lipinski definition) is 4. The van der Waals surface area contributed by atoms with Crippen molar-refractivity contribution in [1.82, 2.24) is 10.2 Å². The Hall–Kier alpha value is -1.04. The fraction of sp³-hybridized carbons (Fsp3) is 0.615. The van der Waals surface area contributed by atoms with Crippen LogP contribution in [0, 0.1) is 5.92 Å². The summed E-state index contributed by atoms with van der Waals surface area (Å²) >= 11 is 0. The summed E-state index contributed by atoms with van der Waals surface area (Å²) in [4.78, 5) is 13.8. The highest BCUT2D eigenvalue weighted by atomic mass is 35.5. The van der Waals surface area contributed by atoms with Crippen molar-refractivity contribution < 1.29 is 9.21 Å².